The molecule has 1 N–H and O–H groups in total. The van der Waals surface area contributed by atoms with Crippen LogP contribution < -0.4 is 5.32 Å². The molecule has 1 aromatic carbocycles. The van der Waals surface area contributed by atoms with Gasteiger partial charge in [0.2, 0.25) is 0 Å². The zero-order valence-electron chi connectivity index (χ0n) is 11.5. The molecule has 0 aliphatic rings. The van der Waals surface area contributed by atoms with Gasteiger partial charge in [-0.25, -0.2) is 0 Å². The Hall–Kier alpha value is -0.860. The van der Waals surface area contributed by atoms with Crippen molar-refractivity contribution in [1.29, 1.82) is 0 Å². The number of hydrogen-bond acceptors (Lipinski definition) is 2. The van der Waals surface area contributed by atoms with Gasteiger partial charge in [0.25, 0.3) is 0 Å². The van der Waals surface area contributed by atoms with Crippen LogP contribution in [0, 0.1) is 12.8 Å². The molecule has 1 atom stereocenters. The van der Waals surface area contributed by atoms with E-state index in [0.29, 0.717) is 5.92 Å². The summed E-state index contributed by atoms with van der Waals surface area (Å²) < 4.78 is 5.98. The predicted molar refractivity (Wildman–Crippen MR) is 73.3 cm³/mol. The minimum Gasteiger partial charge on any atom is -0.372 e. The maximum atomic E-state index is 5.98. The first-order valence-electron chi connectivity index (χ1n) is 6.52. The van der Waals surface area contributed by atoms with Crippen LogP contribution in [-0.2, 0) is 4.74 Å². The SMILES string of the molecule is CCNCC(OCC(C)C)c1cccc(C)c1. The lowest BCUT2D eigenvalue weighted by Crippen LogP contribution is -2.24. The van der Waals surface area contributed by atoms with Crippen molar-refractivity contribution in [2.75, 3.05) is 19.7 Å². The monoisotopic (exact) mass is 235 g/mol. The lowest BCUT2D eigenvalue weighted by molar-refractivity contribution is 0.0354. The smallest absolute Gasteiger partial charge is 0.0949 e. The third-order valence-corrected chi connectivity index (χ3v) is 2.62. The number of nitrogens with one attached hydrogen (secondary N) is 1. The van der Waals surface area contributed by atoms with Crippen LogP contribution in [-0.4, -0.2) is 19.7 Å². The summed E-state index contributed by atoms with van der Waals surface area (Å²) in [6, 6.07) is 8.58. The first kappa shape index (κ1) is 14.2. The van der Waals surface area contributed by atoms with Gasteiger partial charge < -0.3 is 10.1 Å². The highest BCUT2D eigenvalue weighted by molar-refractivity contribution is 5.24. The summed E-state index contributed by atoms with van der Waals surface area (Å²) in [6.07, 6.45) is 0.164. The Balaban J connectivity index is 2.67. The van der Waals surface area contributed by atoms with E-state index in [2.05, 4.69) is 57.3 Å². The maximum Gasteiger partial charge on any atom is 0.0949 e. The summed E-state index contributed by atoms with van der Waals surface area (Å²) in [5.41, 5.74) is 2.56. The van der Waals surface area contributed by atoms with E-state index in [0.717, 1.165) is 19.7 Å². The molecule has 0 aromatic heterocycles. The van der Waals surface area contributed by atoms with Gasteiger partial charge in [0, 0.05) is 13.2 Å². The first-order chi connectivity index (χ1) is 8.13. The highest BCUT2D eigenvalue weighted by Crippen LogP contribution is 2.18. The molecule has 0 heterocycles. The molecule has 2 heteroatoms. The standard InChI is InChI=1S/C15H25NO/c1-5-16-10-15(17-11-12(2)3)14-8-6-7-13(4)9-14/h6-9,12,15-16H,5,10-11H2,1-4H3. The molecule has 0 amide bonds. The molecule has 0 saturated heterocycles. The van der Waals surface area contributed by atoms with Crippen molar-refractivity contribution in [1.82, 2.24) is 5.32 Å². The van der Waals surface area contributed by atoms with Gasteiger partial charge in [-0.15, -0.1) is 0 Å². The Morgan fingerprint density at radius 3 is 2.65 bits per heavy atom. The lowest BCUT2D eigenvalue weighted by atomic mass is 10.1. The highest BCUT2D eigenvalue weighted by atomic mass is 16.5. The van der Waals surface area contributed by atoms with Crippen molar-refractivity contribution in [2.45, 2.75) is 33.8 Å². The van der Waals surface area contributed by atoms with Crippen LogP contribution in [0.25, 0.3) is 0 Å². The van der Waals surface area contributed by atoms with Crippen LogP contribution in [0.4, 0.5) is 0 Å². The number of likely N-dealkylation sites (N-methyl/N-ethyl adjacent to an activating group) is 1. The van der Waals surface area contributed by atoms with Crippen molar-refractivity contribution in [3.8, 4) is 0 Å². The predicted octanol–water partition coefficient (Wildman–Crippen LogP) is 3.32. The minimum atomic E-state index is 0.164. The van der Waals surface area contributed by atoms with Gasteiger partial charge in [0.05, 0.1) is 6.10 Å². The topological polar surface area (TPSA) is 21.3 Å². The summed E-state index contributed by atoms with van der Waals surface area (Å²) in [5, 5.41) is 3.37. The number of rotatable bonds is 7. The average Bonchev–Trinajstić information content (AvgIpc) is 2.29. The fourth-order valence-electron chi connectivity index (χ4n) is 1.73. The largest absolute Gasteiger partial charge is 0.372 e. The highest BCUT2D eigenvalue weighted by Gasteiger charge is 2.12. The average molecular weight is 235 g/mol. The van der Waals surface area contributed by atoms with Gasteiger partial charge in [-0.1, -0.05) is 50.6 Å². The zero-order valence-corrected chi connectivity index (χ0v) is 11.5. The Bertz CT molecular complexity index is 322. The second-order valence-electron chi connectivity index (χ2n) is 4.94. The van der Waals surface area contributed by atoms with Gasteiger partial charge in [0.15, 0.2) is 0 Å². The molecule has 1 unspecified atom stereocenters. The summed E-state index contributed by atoms with van der Waals surface area (Å²) >= 11 is 0. The number of aryl methyl sites for hydroxylation is 1. The van der Waals surface area contributed by atoms with Crippen molar-refractivity contribution in [2.24, 2.45) is 5.92 Å². The fraction of sp³-hybridized carbons (Fsp3) is 0.600. The van der Waals surface area contributed by atoms with Crippen molar-refractivity contribution in [3.63, 3.8) is 0 Å². The van der Waals surface area contributed by atoms with Gasteiger partial charge in [-0.2, -0.15) is 0 Å². The minimum absolute atomic E-state index is 0.164. The molecule has 0 bridgehead atoms. The second kappa shape index (κ2) is 7.46. The van der Waals surface area contributed by atoms with Crippen molar-refractivity contribution >= 4 is 0 Å². The molecule has 96 valence electrons. The van der Waals surface area contributed by atoms with E-state index in [1.807, 2.05) is 0 Å². The van der Waals surface area contributed by atoms with Crippen molar-refractivity contribution < 1.29 is 4.74 Å². The van der Waals surface area contributed by atoms with E-state index < -0.39 is 0 Å². The van der Waals surface area contributed by atoms with Crippen LogP contribution in [0.2, 0.25) is 0 Å². The Kier molecular flexibility index (Phi) is 6.23. The molecule has 0 fully saturated rings. The third kappa shape index (κ3) is 5.33. The van der Waals surface area contributed by atoms with Crippen LogP contribution in [0.1, 0.15) is 38.0 Å². The molecule has 1 rings (SSSR count). The maximum absolute atomic E-state index is 5.98. The quantitative estimate of drug-likeness (QED) is 0.783. The molecule has 2 nitrogen and oxygen atoms in total. The molecule has 0 aliphatic carbocycles. The van der Waals surface area contributed by atoms with E-state index in [1.165, 1.54) is 11.1 Å². The third-order valence-electron chi connectivity index (χ3n) is 2.62. The van der Waals surface area contributed by atoms with Gasteiger partial charge >= 0.3 is 0 Å². The number of hydrogen-bond donors (Lipinski definition) is 1. The fourth-order valence-corrected chi connectivity index (χ4v) is 1.73. The van der Waals surface area contributed by atoms with E-state index in [4.69, 9.17) is 4.74 Å². The van der Waals surface area contributed by atoms with E-state index in [1.54, 1.807) is 0 Å². The molecular formula is C15H25NO. The Labute approximate surface area is 105 Å². The lowest BCUT2D eigenvalue weighted by Gasteiger charge is -2.20. The van der Waals surface area contributed by atoms with E-state index >= 15 is 0 Å². The normalized spacial score (nSPS) is 13.0. The molecular weight excluding hydrogens is 210 g/mol. The molecule has 0 spiro atoms. The molecule has 1 aromatic rings. The zero-order chi connectivity index (χ0) is 12.7. The molecule has 0 saturated carbocycles. The summed E-state index contributed by atoms with van der Waals surface area (Å²) in [6.45, 7) is 11.3. The van der Waals surface area contributed by atoms with Gasteiger partial charge in [-0.3, -0.25) is 0 Å². The summed E-state index contributed by atoms with van der Waals surface area (Å²) in [7, 11) is 0. The van der Waals surface area contributed by atoms with Crippen molar-refractivity contribution in [3.05, 3.63) is 35.4 Å². The second-order valence-corrected chi connectivity index (χ2v) is 4.94. The van der Waals surface area contributed by atoms with Crippen LogP contribution >= 0.6 is 0 Å². The Morgan fingerprint density at radius 1 is 1.29 bits per heavy atom. The van der Waals surface area contributed by atoms with E-state index in [-0.39, 0.29) is 6.10 Å². The Morgan fingerprint density at radius 2 is 2.06 bits per heavy atom. The van der Waals surface area contributed by atoms with Crippen LogP contribution in [0.15, 0.2) is 24.3 Å². The summed E-state index contributed by atoms with van der Waals surface area (Å²) in [4.78, 5) is 0. The van der Waals surface area contributed by atoms with Gasteiger partial charge in [-0.05, 0) is 24.9 Å². The van der Waals surface area contributed by atoms with Gasteiger partial charge in [0.1, 0.15) is 0 Å². The van der Waals surface area contributed by atoms with E-state index in [9.17, 15) is 0 Å². The van der Waals surface area contributed by atoms with Crippen LogP contribution in [0.3, 0.4) is 0 Å². The molecule has 17 heavy (non-hydrogen) atoms. The number of ether oxygens (including phenoxy) is 1. The van der Waals surface area contributed by atoms with Crippen LogP contribution in [0.5, 0.6) is 0 Å². The molecule has 0 aliphatic heterocycles. The number of benzene rings is 1. The first-order valence-corrected chi connectivity index (χ1v) is 6.52. The molecule has 0 radical (unpaired) electrons. The summed E-state index contributed by atoms with van der Waals surface area (Å²) in [5.74, 6) is 0.573.